The Kier molecular flexibility index (Phi) is 5.81. The van der Waals surface area contributed by atoms with Gasteiger partial charge in [0.2, 0.25) is 0 Å². The Bertz CT molecular complexity index is 616. The van der Waals surface area contributed by atoms with Crippen molar-refractivity contribution in [3.63, 3.8) is 0 Å². The lowest BCUT2D eigenvalue weighted by molar-refractivity contribution is 0.243. The van der Waals surface area contributed by atoms with Crippen molar-refractivity contribution in [1.82, 2.24) is 10.2 Å². The highest BCUT2D eigenvalue weighted by Crippen LogP contribution is 2.17. The van der Waals surface area contributed by atoms with Gasteiger partial charge in [-0.15, -0.1) is 0 Å². The summed E-state index contributed by atoms with van der Waals surface area (Å²) in [4.78, 5) is 14.1. The van der Waals surface area contributed by atoms with E-state index >= 15 is 0 Å². The van der Waals surface area contributed by atoms with Crippen molar-refractivity contribution in [3.8, 4) is 0 Å². The molecule has 22 heavy (non-hydrogen) atoms. The Labute approximate surface area is 136 Å². The minimum Gasteiger partial charge on any atom is -0.336 e. The fourth-order valence-corrected chi connectivity index (χ4v) is 2.39. The van der Waals surface area contributed by atoms with Crippen LogP contribution in [0, 0.1) is 0 Å². The van der Waals surface area contributed by atoms with E-state index in [-0.39, 0.29) is 12.1 Å². The molecule has 0 heterocycles. The number of urea groups is 1. The second-order valence-corrected chi connectivity index (χ2v) is 5.67. The topological polar surface area (TPSA) is 44.4 Å². The van der Waals surface area contributed by atoms with Gasteiger partial charge in [-0.1, -0.05) is 48.0 Å². The molecule has 0 spiro atoms. The summed E-state index contributed by atoms with van der Waals surface area (Å²) < 4.78 is 0. The highest BCUT2D eigenvalue weighted by atomic mass is 35.5. The van der Waals surface area contributed by atoms with E-state index in [1.807, 2.05) is 32.3 Å². The van der Waals surface area contributed by atoms with Gasteiger partial charge in [0.1, 0.15) is 0 Å². The SMILES string of the molecule is CN(C)[C@H](CNC(=O)Nc1cccc(Cl)c1)c1ccccc1. The van der Waals surface area contributed by atoms with E-state index in [1.54, 1.807) is 24.3 Å². The maximum atomic E-state index is 12.0. The first kappa shape index (κ1) is 16.3. The highest BCUT2D eigenvalue weighted by Gasteiger charge is 2.14. The summed E-state index contributed by atoms with van der Waals surface area (Å²) in [5, 5.41) is 6.26. The third kappa shape index (κ3) is 4.76. The van der Waals surface area contributed by atoms with Crippen molar-refractivity contribution in [2.24, 2.45) is 0 Å². The molecule has 0 unspecified atom stereocenters. The number of carbonyl (C=O) groups is 1. The van der Waals surface area contributed by atoms with Gasteiger partial charge >= 0.3 is 6.03 Å². The van der Waals surface area contributed by atoms with E-state index in [0.29, 0.717) is 17.3 Å². The largest absolute Gasteiger partial charge is 0.336 e. The van der Waals surface area contributed by atoms with Crippen molar-refractivity contribution in [2.45, 2.75) is 6.04 Å². The number of amides is 2. The number of likely N-dealkylation sites (N-methyl/N-ethyl adjacent to an activating group) is 1. The van der Waals surface area contributed by atoms with Crippen LogP contribution in [-0.2, 0) is 0 Å². The third-order valence-electron chi connectivity index (χ3n) is 3.35. The van der Waals surface area contributed by atoms with Gasteiger partial charge in [0.25, 0.3) is 0 Å². The molecule has 2 aromatic carbocycles. The molecule has 0 aliphatic carbocycles. The van der Waals surface area contributed by atoms with Crippen LogP contribution in [0.3, 0.4) is 0 Å². The summed E-state index contributed by atoms with van der Waals surface area (Å²) >= 11 is 5.90. The number of halogens is 1. The van der Waals surface area contributed by atoms with Crippen LogP contribution >= 0.6 is 11.6 Å². The fourth-order valence-electron chi connectivity index (χ4n) is 2.20. The molecule has 0 fully saturated rings. The van der Waals surface area contributed by atoms with Crippen LogP contribution in [0.4, 0.5) is 10.5 Å². The normalized spacial score (nSPS) is 12.0. The molecule has 5 heteroatoms. The Hall–Kier alpha value is -2.04. The monoisotopic (exact) mass is 317 g/mol. The first-order valence-corrected chi connectivity index (χ1v) is 7.46. The first-order chi connectivity index (χ1) is 10.6. The Morgan fingerprint density at radius 2 is 1.86 bits per heavy atom. The zero-order valence-electron chi connectivity index (χ0n) is 12.7. The zero-order chi connectivity index (χ0) is 15.9. The molecule has 0 aliphatic heterocycles. The maximum Gasteiger partial charge on any atom is 0.319 e. The number of nitrogens with zero attached hydrogens (tertiary/aromatic N) is 1. The molecule has 0 saturated heterocycles. The van der Waals surface area contributed by atoms with Crippen LogP contribution in [0.2, 0.25) is 5.02 Å². The van der Waals surface area contributed by atoms with Crippen molar-refractivity contribution in [2.75, 3.05) is 26.0 Å². The van der Waals surface area contributed by atoms with Crippen molar-refractivity contribution < 1.29 is 4.79 Å². The number of anilines is 1. The highest BCUT2D eigenvalue weighted by molar-refractivity contribution is 6.30. The summed E-state index contributed by atoms with van der Waals surface area (Å²) in [7, 11) is 3.99. The predicted octanol–water partition coefficient (Wildman–Crippen LogP) is 3.76. The second-order valence-electron chi connectivity index (χ2n) is 5.24. The number of hydrogen-bond acceptors (Lipinski definition) is 2. The Morgan fingerprint density at radius 1 is 1.14 bits per heavy atom. The van der Waals surface area contributed by atoms with Gasteiger partial charge < -0.3 is 15.5 Å². The van der Waals surface area contributed by atoms with Gasteiger partial charge in [-0.3, -0.25) is 0 Å². The average Bonchev–Trinajstić information content (AvgIpc) is 2.48. The molecule has 1 atom stereocenters. The zero-order valence-corrected chi connectivity index (χ0v) is 13.5. The predicted molar refractivity (Wildman–Crippen MR) is 91.3 cm³/mol. The molecule has 116 valence electrons. The summed E-state index contributed by atoms with van der Waals surface area (Å²) in [6.07, 6.45) is 0. The van der Waals surface area contributed by atoms with E-state index in [1.165, 1.54) is 0 Å². The molecule has 2 rings (SSSR count). The number of rotatable bonds is 5. The molecule has 4 nitrogen and oxygen atoms in total. The third-order valence-corrected chi connectivity index (χ3v) is 3.58. The van der Waals surface area contributed by atoms with Crippen LogP contribution < -0.4 is 10.6 Å². The Morgan fingerprint density at radius 3 is 2.50 bits per heavy atom. The number of carbonyl (C=O) groups excluding carboxylic acids is 1. The summed E-state index contributed by atoms with van der Waals surface area (Å²) in [6, 6.07) is 17.0. The number of nitrogens with one attached hydrogen (secondary N) is 2. The lowest BCUT2D eigenvalue weighted by atomic mass is 10.1. The lowest BCUT2D eigenvalue weighted by Crippen LogP contribution is -2.36. The molecular weight excluding hydrogens is 298 g/mol. The standard InChI is InChI=1S/C17H20ClN3O/c1-21(2)16(13-7-4-3-5-8-13)12-19-17(22)20-15-10-6-9-14(18)11-15/h3-11,16H,12H2,1-2H3,(H2,19,20,22)/t16-/m1/s1. The van der Waals surface area contributed by atoms with Crippen LogP contribution in [0.5, 0.6) is 0 Å². The summed E-state index contributed by atoms with van der Waals surface area (Å²) in [5.41, 5.74) is 1.83. The van der Waals surface area contributed by atoms with E-state index in [9.17, 15) is 4.79 Å². The fraction of sp³-hybridized carbons (Fsp3) is 0.235. The van der Waals surface area contributed by atoms with Crippen molar-refractivity contribution in [1.29, 1.82) is 0 Å². The first-order valence-electron chi connectivity index (χ1n) is 7.08. The molecule has 0 radical (unpaired) electrons. The van der Waals surface area contributed by atoms with Gasteiger partial charge in [-0.25, -0.2) is 4.79 Å². The van der Waals surface area contributed by atoms with E-state index in [0.717, 1.165) is 5.56 Å². The molecule has 2 amide bonds. The average molecular weight is 318 g/mol. The molecule has 2 aromatic rings. The maximum absolute atomic E-state index is 12.0. The van der Waals surface area contributed by atoms with Gasteiger partial charge in [-0.05, 0) is 37.9 Å². The van der Waals surface area contributed by atoms with Gasteiger partial charge in [0.05, 0.1) is 6.04 Å². The van der Waals surface area contributed by atoms with Crippen LogP contribution in [0.1, 0.15) is 11.6 Å². The second kappa shape index (κ2) is 7.82. The van der Waals surface area contributed by atoms with Gasteiger partial charge in [0, 0.05) is 17.3 Å². The van der Waals surface area contributed by atoms with Crippen LogP contribution in [0.15, 0.2) is 54.6 Å². The molecule has 0 saturated carbocycles. The number of benzene rings is 2. The molecule has 0 bridgehead atoms. The molecule has 0 aliphatic rings. The van der Waals surface area contributed by atoms with E-state index in [2.05, 4.69) is 27.7 Å². The van der Waals surface area contributed by atoms with Crippen molar-refractivity contribution in [3.05, 3.63) is 65.2 Å². The van der Waals surface area contributed by atoms with E-state index < -0.39 is 0 Å². The minimum atomic E-state index is -0.245. The Balaban J connectivity index is 1.94. The lowest BCUT2D eigenvalue weighted by Gasteiger charge is -2.25. The van der Waals surface area contributed by atoms with Gasteiger partial charge in [0.15, 0.2) is 0 Å². The molecular formula is C17H20ClN3O. The van der Waals surface area contributed by atoms with Gasteiger partial charge in [-0.2, -0.15) is 0 Å². The van der Waals surface area contributed by atoms with E-state index in [4.69, 9.17) is 11.6 Å². The quantitative estimate of drug-likeness (QED) is 0.881. The summed E-state index contributed by atoms with van der Waals surface area (Å²) in [6.45, 7) is 0.517. The summed E-state index contributed by atoms with van der Waals surface area (Å²) in [5.74, 6) is 0. The molecule has 0 aromatic heterocycles. The smallest absolute Gasteiger partial charge is 0.319 e. The minimum absolute atomic E-state index is 0.117. The van der Waals surface area contributed by atoms with Crippen LogP contribution in [-0.4, -0.2) is 31.6 Å². The molecule has 2 N–H and O–H groups in total. The number of hydrogen-bond donors (Lipinski definition) is 2. The van der Waals surface area contributed by atoms with Crippen LogP contribution in [0.25, 0.3) is 0 Å². The van der Waals surface area contributed by atoms with Crippen molar-refractivity contribution >= 4 is 23.3 Å².